The number of guanidine groups is 1. The summed E-state index contributed by atoms with van der Waals surface area (Å²) in [5, 5.41) is 6.31. The minimum absolute atomic E-state index is 0. The molecule has 0 spiro atoms. The first-order valence-corrected chi connectivity index (χ1v) is 10.4. The van der Waals surface area contributed by atoms with Crippen LogP contribution in [0.3, 0.4) is 0 Å². The number of nitrogens with zero attached hydrogens (tertiary/aromatic N) is 2. The van der Waals surface area contributed by atoms with Crippen LogP contribution in [-0.2, 0) is 23.1 Å². The molecular formula is C17H24FIN4O2S2. The van der Waals surface area contributed by atoms with Crippen LogP contribution in [0, 0.1) is 5.82 Å². The van der Waals surface area contributed by atoms with Crippen molar-refractivity contribution in [3.05, 3.63) is 52.7 Å². The molecule has 0 radical (unpaired) electrons. The second-order valence-corrected chi connectivity index (χ2v) is 9.23. The number of rotatable bonds is 7. The molecule has 2 rings (SSSR count). The monoisotopic (exact) mass is 526 g/mol. The number of aliphatic imine (C=N–C) groups is 1. The Hall–Kier alpha value is -1.24. The molecule has 0 aliphatic heterocycles. The maximum Gasteiger partial charge on any atom is 0.252 e. The Labute approximate surface area is 181 Å². The van der Waals surface area contributed by atoms with Crippen LogP contribution in [0.1, 0.15) is 17.4 Å². The van der Waals surface area contributed by atoms with Gasteiger partial charge in [0.05, 0.1) is 13.1 Å². The van der Waals surface area contributed by atoms with Gasteiger partial charge in [-0.1, -0.05) is 12.1 Å². The molecule has 0 amide bonds. The van der Waals surface area contributed by atoms with Gasteiger partial charge in [-0.05, 0) is 36.8 Å². The number of thiophene rings is 1. The molecule has 0 saturated carbocycles. The Morgan fingerprint density at radius 2 is 1.81 bits per heavy atom. The normalized spacial score (nSPS) is 12.0. The van der Waals surface area contributed by atoms with Crippen molar-refractivity contribution in [1.82, 2.24) is 14.9 Å². The molecule has 0 bridgehead atoms. The lowest BCUT2D eigenvalue weighted by molar-refractivity contribution is 0.523. The molecule has 6 nitrogen and oxygen atoms in total. The molecule has 0 saturated heterocycles. The van der Waals surface area contributed by atoms with E-state index in [1.165, 1.54) is 41.9 Å². The molecule has 0 atom stereocenters. The molecule has 150 valence electrons. The van der Waals surface area contributed by atoms with Crippen molar-refractivity contribution in [3.63, 3.8) is 0 Å². The summed E-state index contributed by atoms with van der Waals surface area (Å²) in [6, 6.07) is 9.60. The molecular weight excluding hydrogens is 502 g/mol. The average Bonchev–Trinajstić information content (AvgIpc) is 3.08. The summed E-state index contributed by atoms with van der Waals surface area (Å²) < 4.78 is 38.7. The highest BCUT2D eigenvalue weighted by molar-refractivity contribution is 14.0. The fourth-order valence-electron chi connectivity index (χ4n) is 2.04. The van der Waals surface area contributed by atoms with E-state index < -0.39 is 10.0 Å². The molecule has 1 aromatic heterocycles. The smallest absolute Gasteiger partial charge is 0.252 e. The van der Waals surface area contributed by atoms with E-state index in [0.717, 1.165) is 10.4 Å². The summed E-state index contributed by atoms with van der Waals surface area (Å²) in [7, 11) is -0.383. The van der Waals surface area contributed by atoms with Crippen LogP contribution in [0.25, 0.3) is 0 Å². The van der Waals surface area contributed by atoms with Crippen molar-refractivity contribution in [1.29, 1.82) is 0 Å². The molecule has 0 aliphatic rings. The highest BCUT2D eigenvalue weighted by Gasteiger charge is 2.19. The van der Waals surface area contributed by atoms with E-state index in [-0.39, 0.29) is 29.8 Å². The SMILES string of the molecule is CCNC(=NCc1ccc(F)cc1)NCc1ccc(S(=O)(=O)N(C)C)s1.I. The summed E-state index contributed by atoms with van der Waals surface area (Å²) in [5.41, 5.74) is 0.902. The zero-order valence-electron chi connectivity index (χ0n) is 15.4. The van der Waals surface area contributed by atoms with E-state index in [1.807, 2.05) is 6.92 Å². The second-order valence-electron chi connectivity index (χ2n) is 5.68. The lowest BCUT2D eigenvalue weighted by Gasteiger charge is -2.11. The number of hydrogen-bond acceptors (Lipinski definition) is 4. The van der Waals surface area contributed by atoms with Crippen LogP contribution >= 0.6 is 35.3 Å². The largest absolute Gasteiger partial charge is 0.357 e. The van der Waals surface area contributed by atoms with Gasteiger partial charge in [-0.25, -0.2) is 22.1 Å². The van der Waals surface area contributed by atoms with E-state index in [1.54, 1.807) is 24.3 Å². The first-order valence-electron chi connectivity index (χ1n) is 8.10. The van der Waals surface area contributed by atoms with Gasteiger partial charge in [-0.2, -0.15) is 0 Å². The summed E-state index contributed by atoms with van der Waals surface area (Å²) in [6.07, 6.45) is 0. The predicted molar refractivity (Wildman–Crippen MR) is 119 cm³/mol. The van der Waals surface area contributed by atoms with E-state index in [4.69, 9.17) is 0 Å². The minimum Gasteiger partial charge on any atom is -0.357 e. The van der Waals surface area contributed by atoms with Crippen molar-refractivity contribution in [2.75, 3.05) is 20.6 Å². The average molecular weight is 526 g/mol. The van der Waals surface area contributed by atoms with Gasteiger partial charge in [0.15, 0.2) is 5.96 Å². The first-order chi connectivity index (χ1) is 12.3. The molecule has 0 fully saturated rings. The molecule has 1 heterocycles. The van der Waals surface area contributed by atoms with Gasteiger partial charge in [0, 0.05) is 25.5 Å². The number of benzene rings is 1. The van der Waals surface area contributed by atoms with Gasteiger partial charge in [0.2, 0.25) is 0 Å². The maximum absolute atomic E-state index is 12.9. The summed E-state index contributed by atoms with van der Waals surface area (Å²) in [4.78, 5) is 5.35. The molecule has 27 heavy (non-hydrogen) atoms. The van der Waals surface area contributed by atoms with Gasteiger partial charge in [0.1, 0.15) is 10.0 Å². The van der Waals surface area contributed by atoms with Gasteiger partial charge < -0.3 is 10.6 Å². The van der Waals surface area contributed by atoms with Crippen molar-refractivity contribution in [2.24, 2.45) is 4.99 Å². The third-order valence-corrected chi connectivity index (χ3v) is 6.85. The third-order valence-electron chi connectivity index (χ3n) is 3.48. The minimum atomic E-state index is -3.41. The maximum atomic E-state index is 12.9. The Bertz CT molecular complexity index is 852. The quantitative estimate of drug-likeness (QED) is 0.331. The molecule has 0 aliphatic carbocycles. The molecule has 2 N–H and O–H groups in total. The van der Waals surface area contributed by atoms with Crippen molar-refractivity contribution in [3.8, 4) is 0 Å². The lowest BCUT2D eigenvalue weighted by atomic mass is 10.2. The van der Waals surface area contributed by atoms with Crippen LogP contribution < -0.4 is 10.6 Å². The van der Waals surface area contributed by atoms with Crippen LogP contribution in [0.2, 0.25) is 0 Å². The number of hydrogen-bond donors (Lipinski definition) is 2. The molecule has 10 heteroatoms. The fourth-order valence-corrected chi connectivity index (χ4v) is 4.51. The van der Waals surface area contributed by atoms with Gasteiger partial charge in [0.25, 0.3) is 10.0 Å². The fraction of sp³-hybridized carbons (Fsp3) is 0.353. The number of halogens is 2. The third kappa shape index (κ3) is 7.01. The Morgan fingerprint density at radius 1 is 1.15 bits per heavy atom. The van der Waals surface area contributed by atoms with Crippen molar-refractivity contribution in [2.45, 2.75) is 24.2 Å². The number of nitrogens with one attached hydrogen (secondary N) is 2. The van der Waals surface area contributed by atoms with Crippen molar-refractivity contribution < 1.29 is 12.8 Å². The van der Waals surface area contributed by atoms with E-state index in [2.05, 4.69) is 15.6 Å². The highest BCUT2D eigenvalue weighted by Crippen LogP contribution is 2.23. The summed E-state index contributed by atoms with van der Waals surface area (Å²) in [6.45, 7) is 3.53. The Morgan fingerprint density at radius 3 is 2.41 bits per heavy atom. The van der Waals surface area contributed by atoms with E-state index in [0.29, 0.717) is 29.8 Å². The standard InChI is InChI=1S/C17H23FN4O2S2.HI/c1-4-19-17(20-11-13-5-7-14(18)8-6-13)21-12-15-9-10-16(25-15)26(23,24)22(2)3;/h5-10H,4,11-12H2,1-3H3,(H2,19,20,21);1H. The van der Waals surface area contributed by atoms with Crippen LogP contribution in [0.4, 0.5) is 4.39 Å². The Kier molecular flexibility index (Phi) is 9.63. The first kappa shape index (κ1) is 23.8. The molecule has 2 aromatic rings. The number of sulfonamides is 1. The summed E-state index contributed by atoms with van der Waals surface area (Å²) >= 11 is 1.23. The zero-order valence-corrected chi connectivity index (χ0v) is 19.4. The van der Waals surface area contributed by atoms with Crippen LogP contribution in [0.5, 0.6) is 0 Å². The van der Waals surface area contributed by atoms with Crippen molar-refractivity contribution >= 4 is 51.3 Å². The van der Waals surface area contributed by atoms with Gasteiger partial charge in [-0.3, -0.25) is 0 Å². The zero-order chi connectivity index (χ0) is 19.2. The molecule has 1 aromatic carbocycles. The highest BCUT2D eigenvalue weighted by atomic mass is 127. The second kappa shape index (κ2) is 10.9. The molecule has 0 unspecified atom stereocenters. The van der Waals surface area contributed by atoms with E-state index in [9.17, 15) is 12.8 Å². The van der Waals surface area contributed by atoms with E-state index >= 15 is 0 Å². The topological polar surface area (TPSA) is 73.8 Å². The van der Waals surface area contributed by atoms with Gasteiger partial charge in [-0.15, -0.1) is 35.3 Å². The Balaban J connectivity index is 0.00000364. The summed E-state index contributed by atoms with van der Waals surface area (Å²) in [5.74, 6) is 0.339. The lowest BCUT2D eigenvalue weighted by Crippen LogP contribution is -2.36. The van der Waals surface area contributed by atoms with Gasteiger partial charge >= 0.3 is 0 Å². The predicted octanol–water partition coefficient (Wildman–Crippen LogP) is 3.01. The van der Waals surface area contributed by atoms with Crippen LogP contribution in [0.15, 0.2) is 45.6 Å². The van der Waals surface area contributed by atoms with Crippen LogP contribution in [-0.4, -0.2) is 39.3 Å².